The van der Waals surface area contributed by atoms with Crippen molar-refractivity contribution in [3.05, 3.63) is 158 Å². The van der Waals surface area contributed by atoms with E-state index in [1.54, 1.807) is 43.5 Å². The molecule has 0 aliphatic rings. The van der Waals surface area contributed by atoms with Crippen molar-refractivity contribution in [2.75, 3.05) is 7.11 Å². The molecule has 0 radical (unpaired) electrons. The molecule has 45 heavy (non-hydrogen) atoms. The topological polar surface area (TPSA) is 52.6 Å². The fraction of sp³-hybridized carbons (Fsp3) is 0.220. The zero-order chi connectivity index (χ0) is 32.5. The van der Waals surface area contributed by atoms with Gasteiger partial charge in [0.2, 0.25) is 0 Å². The van der Waals surface area contributed by atoms with Crippen LogP contribution >= 0.6 is 0 Å². The molecular weight excluding hydrogens is 556 g/mol. The lowest BCUT2D eigenvalue weighted by atomic mass is 9.76. The molecule has 0 amide bonds. The smallest absolute Gasteiger partial charge is 0.193 e. The van der Waals surface area contributed by atoms with E-state index in [-0.39, 0.29) is 17.0 Å². The largest absolute Gasteiger partial charge is 0.496 e. The summed E-state index contributed by atoms with van der Waals surface area (Å²) in [6, 6.07) is 30.3. The molecule has 5 rings (SSSR count). The van der Waals surface area contributed by atoms with E-state index in [9.17, 15) is 9.59 Å². The van der Waals surface area contributed by atoms with Crippen LogP contribution in [0.5, 0.6) is 17.2 Å². The second-order valence-corrected chi connectivity index (χ2v) is 12.4. The number of ketones is 2. The summed E-state index contributed by atoms with van der Waals surface area (Å²) in [6.45, 7) is 14.8. The molecule has 4 heteroatoms. The average Bonchev–Trinajstić information content (AvgIpc) is 3.02. The summed E-state index contributed by atoms with van der Waals surface area (Å²) in [5.74, 6) is 2.12. The highest BCUT2D eigenvalue weighted by molar-refractivity contribution is 6.13. The minimum absolute atomic E-state index is 0.109. The van der Waals surface area contributed by atoms with E-state index >= 15 is 0 Å². The van der Waals surface area contributed by atoms with E-state index < -0.39 is 0 Å². The number of hydrogen-bond acceptors (Lipinski definition) is 4. The van der Waals surface area contributed by atoms with Crippen LogP contribution in [0.4, 0.5) is 0 Å². The van der Waals surface area contributed by atoms with Crippen LogP contribution in [0, 0.1) is 34.6 Å². The maximum Gasteiger partial charge on any atom is 0.193 e. The highest BCUT2D eigenvalue weighted by Gasteiger charge is 2.26. The lowest BCUT2D eigenvalue weighted by Gasteiger charge is -2.29. The summed E-state index contributed by atoms with van der Waals surface area (Å²) in [4.78, 5) is 26.4. The molecule has 4 nitrogen and oxygen atoms in total. The molecular formula is C41H40O4. The Balaban J connectivity index is 1.34. The van der Waals surface area contributed by atoms with Crippen molar-refractivity contribution in [2.24, 2.45) is 0 Å². The van der Waals surface area contributed by atoms with Gasteiger partial charge in [0.1, 0.15) is 17.2 Å². The van der Waals surface area contributed by atoms with Crippen LogP contribution in [0.15, 0.2) is 97.1 Å². The first kappa shape index (κ1) is 31.5. The van der Waals surface area contributed by atoms with Crippen molar-refractivity contribution in [2.45, 2.75) is 53.9 Å². The quantitative estimate of drug-likeness (QED) is 0.159. The van der Waals surface area contributed by atoms with Gasteiger partial charge in [-0.25, -0.2) is 0 Å². The van der Waals surface area contributed by atoms with E-state index in [1.807, 2.05) is 43.3 Å². The zero-order valence-corrected chi connectivity index (χ0v) is 27.4. The third-order valence-corrected chi connectivity index (χ3v) is 8.61. The molecule has 0 heterocycles. The normalized spacial score (nSPS) is 11.3. The summed E-state index contributed by atoms with van der Waals surface area (Å²) >= 11 is 0. The molecule has 0 aliphatic carbocycles. The number of benzene rings is 5. The molecule has 5 aromatic carbocycles. The summed E-state index contributed by atoms with van der Waals surface area (Å²) < 4.78 is 11.9. The van der Waals surface area contributed by atoms with Gasteiger partial charge in [-0.1, -0.05) is 86.1 Å². The Kier molecular flexibility index (Phi) is 8.79. The van der Waals surface area contributed by atoms with Crippen LogP contribution in [0.3, 0.4) is 0 Å². The second kappa shape index (κ2) is 12.6. The maximum atomic E-state index is 13.3. The van der Waals surface area contributed by atoms with E-state index in [0.717, 1.165) is 39.3 Å². The Morgan fingerprint density at radius 3 is 1.40 bits per heavy atom. The third kappa shape index (κ3) is 6.46. The molecule has 0 saturated carbocycles. The summed E-state index contributed by atoms with van der Waals surface area (Å²) in [5, 5.41) is 0. The first-order valence-corrected chi connectivity index (χ1v) is 15.2. The lowest BCUT2D eigenvalue weighted by Crippen LogP contribution is -2.20. The van der Waals surface area contributed by atoms with Gasteiger partial charge in [-0.05, 0) is 98.3 Å². The number of methoxy groups -OCH3 is 1. The number of carbonyl (C=O) groups is 2. The number of hydrogen-bond donors (Lipinski definition) is 0. The molecule has 0 saturated heterocycles. The maximum absolute atomic E-state index is 13.3. The Labute approximate surface area is 266 Å². The van der Waals surface area contributed by atoms with Gasteiger partial charge < -0.3 is 9.47 Å². The summed E-state index contributed by atoms with van der Waals surface area (Å²) in [6.07, 6.45) is 0. The predicted molar refractivity (Wildman–Crippen MR) is 182 cm³/mol. The first-order chi connectivity index (χ1) is 21.4. The number of aryl methyl sites for hydroxylation is 5. The van der Waals surface area contributed by atoms with Crippen LogP contribution in [0.2, 0.25) is 0 Å². The Bertz CT molecular complexity index is 1850. The molecule has 228 valence electrons. The number of ether oxygens (including phenoxy) is 2. The van der Waals surface area contributed by atoms with Gasteiger partial charge in [-0.2, -0.15) is 0 Å². The molecule has 0 aromatic heterocycles. The van der Waals surface area contributed by atoms with Gasteiger partial charge >= 0.3 is 0 Å². The molecule has 0 aliphatic heterocycles. The van der Waals surface area contributed by atoms with Gasteiger partial charge in [0, 0.05) is 27.7 Å². The van der Waals surface area contributed by atoms with Crippen LogP contribution in [0.25, 0.3) is 0 Å². The van der Waals surface area contributed by atoms with Gasteiger partial charge in [0.05, 0.1) is 7.11 Å². The molecule has 0 atom stereocenters. The molecule has 0 unspecified atom stereocenters. The van der Waals surface area contributed by atoms with Gasteiger partial charge in [0.25, 0.3) is 0 Å². The second-order valence-electron chi connectivity index (χ2n) is 12.4. The predicted octanol–water partition coefficient (Wildman–Crippen LogP) is 9.82. The fourth-order valence-corrected chi connectivity index (χ4v) is 5.90. The highest BCUT2D eigenvalue weighted by atomic mass is 16.5. The van der Waals surface area contributed by atoms with Crippen LogP contribution in [0.1, 0.15) is 84.6 Å². The molecule has 0 fully saturated rings. The van der Waals surface area contributed by atoms with Crippen LogP contribution in [-0.2, 0) is 5.41 Å². The van der Waals surface area contributed by atoms with Gasteiger partial charge in [-0.3, -0.25) is 9.59 Å². The van der Waals surface area contributed by atoms with Crippen molar-refractivity contribution >= 4 is 11.6 Å². The van der Waals surface area contributed by atoms with E-state index in [4.69, 9.17) is 9.47 Å². The zero-order valence-electron chi connectivity index (χ0n) is 27.4. The van der Waals surface area contributed by atoms with Gasteiger partial charge in [-0.15, -0.1) is 0 Å². The SMILES string of the molecule is COc1c(C)cc(C(C)(C)c2cc(C)c(Oc3ccc(C(=O)c4cccc(C(=O)c5ccc(C)cc5)c4)cc3)c(C)c2)cc1C. The minimum Gasteiger partial charge on any atom is -0.496 e. The van der Waals surface area contributed by atoms with Crippen molar-refractivity contribution in [3.63, 3.8) is 0 Å². The van der Waals surface area contributed by atoms with E-state index in [0.29, 0.717) is 28.0 Å². The third-order valence-electron chi connectivity index (χ3n) is 8.61. The van der Waals surface area contributed by atoms with Gasteiger partial charge in [0.15, 0.2) is 11.6 Å². The molecule has 0 N–H and O–H groups in total. The highest BCUT2D eigenvalue weighted by Crippen LogP contribution is 2.39. The number of carbonyl (C=O) groups excluding carboxylic acids is 2. The Morgan fingerprint density at radius 2 is 0.956 bits per heavy atom. The van der Waals surface area contributed by atoms with Crippen molar-refractivity contribution in [1.82, 2.24) is 0 Å². The standard InChI is InChI=1S/C41H40O4/c1-25-12-14-30(15-13-25)37(42)32-10-9-11-33(24-32)38(43)31-16-18-36(19-17-31)45-40-28(4)22-35(23-29(40)5)41(6,7)34-20-26(2)39(44-8)27(3)21-34/h9-24H,1-8H3. The molecule has 5 aromatic rings. The first-order valence-electron chi connectivity index (χ1n) is 15.2. The molecule has 0 bridgehead atoms. The van der Waals surface area contributed by atoms with Crippen LogP contribution < -0.4 is 9.47 Å². The lowest BCUT2D eigenvalue weighted by molar-refractivity contribution is 0.103. The summed E-state index contributed by atoms with van der Waals surface area (Å²) in [7, 11) is 1.71. The van der Waals surface area contributed by atoms with E-state index in [2.05, 4.69) is 65.8 Å². The summed E-state index contributed by atoms with van der Waals surface area (Å²) in [5.41, 5.74) is 9.70. The average molecular weight is 597 g/mol. The van der Waals surface area contributed by atoms with Crippen molar-refractivity contribution in [3.8, 4) is 17.2 Å². The Morgan fingerprint density at radius 1 is 0.533 bits per heavy atom. The Hall–Kier alpha value is -4.96. The number of rotatable bonds is 9. The monoisotopic (exact) mass is 596 g/mol. The van der Waals surface area contributed by atoms with Crippen LogP contribution in [-0.4, -0.2) is 18.7 Å². The molecule has 0 spiro atoms. The van der Waals surface area contributed by atoms with E-state index in [1.165, 1.54) is 11.1 Å². The van der Waals surface area contributed by atoms with Crippen molar-refractivity contribution < 1.29 is 19.1 Å². The van der Waals surface area contributed by atoms with Crippen molar-refractivity contribution in [1.29, 1.82) is 0 Å². The fourth-order valence-electron chi connectivity index (χ4n) is 5.90. The minimum atomic E-state index is -0.222.